The Morgan fingerprint density at radius 3 is 3.00 bits per heavy atom. The number of hydrogen-bond acceptors (Lipinski definition) is 5. The van der Waals surface area contributed by atoms with E-state index in [1.54, 1.807) is 0 Å². The Kier molecular flexibility index (Phi) is 3.96. The van der Waals surface area contributed by atoms with Crippen molar-refractivity contribution in [2.75, 3.05) is 19.7 Å². The van der Waals surface area contributed by atoms with Gasteiger partial charge in [0.05, 0.1) is 10.5 Å². The normalized spacial score (nSPS) is 18.6. The van der Waals surface area contributed by atoms with Gasteiger partial charge in [0, 0.05) is 31.7 Å². The second kappa shape index (κ2) is 5.50. The van der Waals surface area contributed by atoms with Gasteiger partial charge in [-0.15, -0.1) is 0 Å². The minimum Gasteiger partial charge on any atom is -0.396 e. The number of rotatable bonds is 3. The van der Waals surface area contributed by atoms with E-state index in [9.17, 15) is 14.9 Å². The van der Waals surface area contributed by atoms with Crippen molar-refractivity contribution in [2.45, 2.75) is 6.42 Å². The number of nitro groups is 1. The molecule has 1 atom stereocenters. The number of likely N-dealkylation sites (tertiary alicyclic amines) is 1. The second-order valence-electron chi connectivity index (χ2n) is 4.38. The molecule has 1 N–H and O–H groups in total. The number of hydrogen-bond donors (Lipinski definition) is 1. The maximum absolute atomic E-state index is 12.2. The molecule has 102 valence electrons. The number of nitrogens with zero attached hydrogens (tertiary/aromatic N) is 3. The van der Waals surface area contributed by atoms with Crippen molar-refractivity contribution < 1.29 is 14.8 Å². The summed E-state index contributed by atoms with van der Waals surface area (Å²) in [6.07, 6.45) is 1.72. The van der Waals surface area contributed by atoms with Crippen molar-refractivity contribution in [3.8, 4) is 0 Å². The maximum atomic E-state index is 12.2. The molecule has 0 aromatic carbocycles. The number of amides is 1. The summed E-state index contributed by atoms with van der Waals surface area (Å²) in [4.78, 5) is 27.4. The van der Waals surface area contributed by atoms with Crippen LogP contribution in [0.2, 0.25) is 5.15 Å². The van der Waals surface area contributed by atoms with Gasteiger partial charge < -0.3 is 10.0 Å². The third-order valence-electron chi connectivity index (χ3n) is 3.10. The van der Waals surface area contributed by atoms with Gasteiger partial charge in [-0.2, -0.15) is 0 Å². The molecule has 0 spiro atoms. The Labute approximate surface area is 114 Å². The molecule has 1 fully saturated rings. The Morgan fingerprint density at radius 2 is 2.42 bits per heavy atom. The van der Waals surface area contributed by atoms with Gasteiger partial charge in [-0.1, -0.05) is 11.6 Å². The van der Waals surface area contributed by atoms with E-state index in [4.69, 9.17) is 16.7 Å². The summed E-state index contributed by atoms with van der Waals surface area (Å²) in [5, 5.41) is 19.7. The Bertz CT molecular complexity index is 523. The quantitative estimate of drug-likeness (QED) is 0.509. The maximum Gasteiger partial charge on any atom is 0.288 e. The number of aliphatic hydroxyl groups excluding tert-OH is 1. The molecule has 19 heavy (non-hydrogen) atoms. The molecule has 7 nitrogen and oxygen atoms in total. The number of halogens is 1. The lowest BCUT2D eigenvalue weighted by molar-refractivity contribution is -0.385. The molecular weight excluding hydrogens is 274 g/mol. The molecule has 1 aliphatic heterocycles. The lowest BCUT2D eigenvalue weighted by atomic mass is 10.1. The van der Waals surface area contributed by atoms with Gasteiger partial charge >= 0.3 is 0 Å². The minimum atomic E-state index is -0.624. The second-order valence-corrected chi connectivity index (χ2v) is 4.74. The van der Waals surface area contributed by atoms with Gasteiger partial charge in [-0.25, -0.2) is 4.98 Å². The summed E-state index contributed by atoms with van der Waals surface area (Å²) < 4.78 is 0. The highest BCUT2D eigenvalue weighted by molar-refractivity contribution is 6.32. The van der Waals surface area contributed by atoms with E-state index in [1.165, 1.54) is 4.90 Å². The van der Waals surface area contributed by atoms with Crippen LogP contribution in [0.4, 0.5) is 5.69 Å². The topological polar surface area (TPSA) is 96.6 Å². The molecule has 2 rings (SSSR count). The van der Waals surface area contributed by atoms with Crippen LogP contribution in [0.3, 0.4) is 0 Å². The molecule has 0 bridgehead atoms. The van der Waals surface area contributed by atoms with Crippen molar-refractivity contribution in [3.63, 3.8) is 0 Å². The van der Waals surface area contributed by atoms with Crippen LogP contribution in [0.1, 0.15) is 16.8 Å². The summed E-state index contributed by atoms with van der Waals surface area (Å²) >= 11 is 5.81. The van der Waals surface area contributed by atoms with E-state index < -0.39 is 10.8 Å². The summed E-state index contributed by atoms with van der Waals surface area (Å²) in [6.45, 7) is 0.947. The zero-order chi connectivity index (χ0) is 14.0. The number of carbonyl (C=O) groups is 1. The van der Waals surface area contributed by atoms with Crippen molar-refractivity contribution in [1.82, 2.24) is 9.88 Å². The highest BCUT2D eigenvalue weighted by atomic mass is 35.5. The van der Waals surface area contributed by atoms with E-state index in [-0.39, 0.29) is 28.9 Å². The standard InChI is InChI=1S/C11H12ClN3O4/c12-10-9(3-8(4-13-10)15(18)19)11(17)14-2-1-7(5-14)6-16/h3-4,7,16H,1-2,5-6H2. The van der Waals surface area contributed by atoms with Crippen LogP contribution in [0, 0.1) is 16.0 Å². The van der Waals surface area contributed by atoms with Crippen molar-refractivity contribution in [1.29, 1.82) is 0 Å². The molecule has 0 aliphatic carbocycles. The zero-order valence-electron chi connectivity index (χ0n) is 9.95. The molecule has 1 aliphatic rings. The lowest BCUT2D eigenvalue weighted by Gasteiger charge is -2.16. The van der Waals surface area contributed by atoms with Gasteiger partial charge in [0.15, 0.2) is 0 Å². The van der Waals surface area contributed by atoms with Gasteiger partial charge in [0.1, 0.15) is 11.3 Å². The summed E-state index contributed by atoms with van der Waals surface area (Å²) in [6, 6.07) is 1.13. The third-order valence-corrected chi connectivity index (χ3v) is 3.40. The molecule has 1 saturated heterocycles. The Balaban J connectivity index is 2.24. The Hall–Kier alpha value is -1.73. The fourth-order valence-electron chi connectivity index (χ4n) is 2.02. The minimum absolute atomic E-state index is 0.0186. The van der Waals surface area contributed by atoms with Gasteiger partial charge in [0.25, 0.3) is 11.6 Å². The first-order valence-electron chi connectivity index (χ1n) is 5.73. The molecule has 1 unspecified atom stereocenters. The monoisotopic (exact) mass is 285 g/mol. The van der Waals surface area contributed by atoms with Crippen molar-refractivity contribution in [2.24, 2.45) is 5.92 Å². The first-order chi connectivity index (χ1) is 9.02. The zero-order valence-corrected chi connectivity index (χ0v) is 10.7. The van der Waals surface area contributed by atoms with E-state index in [1.807, 2.05) is 0 Å². The molecular formula is C11H12ClN3O4. The molecule has 1 amide bonds. The lowest BCUT2D eigenvalue weighted by Crippen LogP contribution is -2.29. The summed E-state index contributed by atoms with van der Waals surface area (Å²) in [5.74, 6) is -0.341. The van der Waals surface area contributed by atoms with Crippen LogP contribution in [0.25, 0.3) is 0 Å². The smallest absolute Gasteiger partial charge is 0.288 e. The van der Waals surface area contributed by atoms with Crippen LogP contribution < -0.4 is 0 Å². The Morgan fingerprint density at radius 1 is 1.68 bits per heavy atom. The average Bonchev–Trinajstić information content (AvgIpc) is 2.87. The average molecular weight is 286 g/mol. The number of pyridine rings is 1. The van der Waals surface area contributed by atoms with E-state index in [2.05, 4.69) is 4.98 Å². The molecule has 1 aromatic heterocycles. The van der Waals surface area contributed by atoms with Crippen LogP contribution in [-0.2, 0) is 0 Å². The predicted molar refractivity (Wildman–Crippen MR) is 67.0 cm³/mol. The summed E-state index contributed by atoms with van der Waals surface area (Å²) in [7, 11) is 0. The van der Waals surface area contributed by atoms with Crippen LogP contribution in [0.5, 0.6) is 0 Å². The predicted octanol–water partition coefficient (Wildman–Crippen LogP) is 1.10. The number of aromatic nitrogens is 1. The fraction of sp³-hybridized carbons (Fsp3) is 0.455. The van der Waals surface area contributed by atoms with Gasteiger partial charge in [-0.05, 0) is 6.42 Å². The number of aliphatic hydroxyl groups is 1. The molecule has 2 heterocycles. The van der Waals surface area contributed by atoms with Gasteiger partial charge in [-0.3, -0.25) is 14.9 Å². The van der Waals surface area contributed by atoms with Crippen LogP contribution in [0.15, 0.2) is 12.3 Å². The third kappa shape index (κ3) is 2.82. The fourth-order valence-corrected chi connectivity index (χ4v) is 2.21. The van der Waals surface area contributed by atoms with Crippen LogP contribution >= 0.6 is 11.6 Å². The molecule has 1 aromatic rings. The highest BCUT2D eigenvalue weighted by Gasteiger charge is 2.28. The van der Waals surface area contributed by atoms with E-state index >= 15 is 0 Å². The van der Waals surface area contributed by atoms with Gasteiger partial charge in [0.2, 0.25) is 0 Å². The first kappa shape index (κ1) is 13.7. The molecule has 0 radical (unpaired) electrons. The van der Waals surface area contributed by atoms with E-state index in [0.29, 0.717) is 19.5 Å². The largest absolute Gasteiger partial charge is 0.396 e. The first-order valence-corrected chi connectivity index (χ1v) is 6.10. The van der Waals surface area contributed by atoms with E-state index in [0.717, 1.165) is 12.3 Å². The number of carbonyl (C=O) groups excluding carboxylic acids is 1. The SMILES string of the molecule is O=C(c1cc([N+](=O)[O-])cnc1Cl)N1CCC(CO)C1. The summed E-state index contributed by atoms with van der Waals surface area (Å²) in [5.41, 5.74) is -0.250. The highest BCUT2D eigenvalue weighted by Crippen LogP contribution is 2.24. The molecule has 0 saturated carbocycles. The van der Waals surface area contributed by atoms with Crippen LogP contribution in [-0.4, -0.2) is 45.5 Å². The molecule has 8 heteroatoms. The van der Waals surface area contributed by atoms with Crippen molar-refractivity contribution in [3.05, 3.63) is 33.1 Å². The van der Waals surface area contributed by atoms with Crippen molar-refractivity contribution >= 4 is 23.2 Å².